The van der Waals surface area contributed by atoms with Gasteiger partial charge < -0.3 is 9.52 Å². The van der Waals surface area contributed by atoms with Crippen molar-refractivity contribution in [2.75, 3.05) is 13.1 Å². The zero-order chi connectivity index (χ0) is 18.3. The molecule has 3 heterocycles. The molecule has 7 nitrogen and oxygen atoms in total. The molecule has 1 aliphatic rings. The first-order chi connectivity index (χ1) is 12.4. The number of hydrogen-bond donors (Lipinski definition) is 2. The molecule has 0 spiro atoms. The van der Waals surface area contributed by atoms with E-state index in [0.29, 0.717) is 26.1 Å². The van der Waals surface area contributed by atoms with Crippen LogP contribution in [-0.2, 0) is 6.54 Å². The molecule has 4 rings (SSSR count). The largest absolute Gasteiger partial charge is 0.460 e. The lowest BCUT2D eigenvalue weighted by molar-refractivity contribution is -0.0552. The van der Waals surface area contributed by atoms with E-state index in [2.05, 4.69) is 9.88 Å². The summed E-state index contributed by atoms with van der Waals surface area (Å²) in [6.07, 6.45) is 1.97. The van der Waals surface area contributed by atoms with Gasteiger partial charge in [0, 0.05) is 30.7 Å². The Balaban J connectivity index is 1.59. The molecule has 2 N–H and O–H groups in total. The second-order valence-corrected chi connectivity index (χ2v) is 7.13. The molecule has 1 aliphatic heterocycles. The van der Waals surface area contributed by atoms with Crippen molar-refractivity contribution in [3.8, 4) is 0 Å². The lowest BCUT2D eigenvalue weighted by Gasteiger charge is -2.42. The van der Waals surface area contributed by atoms with Crippen molar-refractivity contribution in [2.24, 2.45) is 0 Å². The molecule has 0 amide bonds. The van der Waals surface area contributed by atoms with Gasteiger partial charge in [-0.3, -0.25) is 19.2 Å². The van der Waals surface area contributed by atoms with E-state index in [1.54, 1.807) is 6.92 Å². The van der Waals surface area contributed by atoms with Gasteiger partial charge in [-0.1, -0.05) is 18.2 Å². The summed E-state index contributed by atoms with van der Waals surface area (Å²) in [4.78, 5) is 27.9. The van der Waals surface area contributed by atoms with Crippen molar-refractivity contribution in [2.45, 2.75) is 31.5 Å². The number of H-pyrrole nitrogens is 1. The fourth-order valence-electron chi connectivity index (χ4n) is 3.62. The van der Waals surface area contributed by atoms with E-state index in [-0.39, 0.29) is 0 Å². The van der Waals surface area contributed by atoms with Gasteiger partial charge in [-0.15, -0.1) is 0 Å². The van der Waals surface area contributed by atoms with Crippen LogP contribution in [-0.4, -0.2) is 38.2 Å². The number of hydrogen-bond acceptors (Lipinski definition) is 5. The van der Waals surface area contributed by atoms with Crippen LogP contribution >= 0.6 is 0 Å². The number of furan rings is 1. The van der Waals surface area contributed by atoms with Gasteiger partial charge in [0.2, 0.25) is 0 Å². The molecule has 2 atom stereocenters. The van der Waals surface area contributed by atoms with Crippen molar-refractivity contribution in [3.63, 3.8) is 0 Å². The Hall–Kier alpha value is -2.64. The predicted molar refractivity (Wildman–Crippen MR) is 97.1 cm³/mol. The molecular formula is C19H21N3O4. The van der Waals surface area contributed by atoms with Crippen molar-refractivity contribution in [3.05, 3.63) is 69.2 Å². The third kappa shape index (κ3) is 3.11. The fourth-order valence-corrected chi connectivity index (χ4v) is 3.62. The highest BCUT2D eigenvalue weighted by Gasteiger charge is 2.39. The Morgan fingerprint density at radius 3 is 2.88 bits per heavy atom. The first-order valence-corrected chi connectivity index (χ1v) is 8.66. The summed E-state index contributed by atoms with van der Waals surface area (Å²) in [5, 5.41) is 11.8. The quantitative estimate of drug-likeness (QED) is 0.743. The predicted octanol–water partition coefficient (Wildman–Crippen LogP) is 1.48. The number of likely N-dealkylation sites (tertiary alicyclic amines) is 1. The van der Waals surface area contributed by atoms with Crippen molar-refractivity contribution >= 4 is 11.0 Å². The van der Waals surface area contributed by atoms with Gasteiger partial charge in [0.15, 0.2) is 0 Å². The van der Waals surface area contributed by atoms with E-state index in [0.717, 1.165) is 16.7 Å². The average molecular weight is 355 g/mol. The number of nitrogens with zero attached hydrogens (tertiary/aromatic N) is 2. The van der Waals surface area contributed by atoms with Crippen LogP contribution in [0.1, 0.15) is 25.1 Å². The minimum Gasteiger partial charge on any atom is -0.460 e. The molecule has 0 unspecified atom stereocenters. The Morgan fingerprint density at radius 2 is 2.12 bits per heavy atom. The highest BCUT2D eigenvalue weighted by molar-refractivity contribution is 5.77. The van der Waals surface area contributed by atoms with Crippen molar-refractivity contribution in [1.82, 2.24) is 14.5 Å². The molecule has 26 heavy (non-hydrogen) atoms. The summed E-state index contributed by atoms with van der Waals surface area (Å²) >= 11 is 0. The molecule has 3 aromatic rings. The maximum atomic E-state index is 12.2. The highest BCUT2D eigenvalue weighted by atomic mass is 16.3. The third-order valence-corrected chi connectivity index (χ3v) is 5.13. The summed E-state index contributed by atoms with van der Waals surface area (Å²) < 4.78 is 7.29. The van der Waals surface area contributed by atoms with Gasteiger partial charge >= 0.3 is 5.69 Å². The first kappa shape index (κ1) is 16.8. The minimum atomic E-state index is -1.04. The molecule has 1 fully saturated rings. The van der Waals surface area contributed by atoms with E-state index in [1.165, 1.54) is 16.8 Å². The average Bonchev–Trinajstić information content (AvgIpc) is 2.99. The molecule has 0 saturated carbocycles. The summed E-state index contributed by atoms with van der Waals surface area (Å²) in [5.41, 5.74) is -1.14. The summed E-state index contributed by atoms with van der Waals surface area (Å²) in [7, 11) is 0. The Kier molecular flexibility index (Phi) is 4.05. The number of nitrogens with one attached hydrogen (secondary N) is 1. The number of rotatable bonds is 3. The second kappa shape index (κ2) is 6.26. The van der Waals surface area contributed by atoms with Gasteiger partial charge in [-0.2, -0.15) is 0 Å². The van der Waals surface area contributed by atoms with E-state index < -0.39 is 22.9 Å². The lowest BCUT2D eigenvalue weighted by atomic mass is 9.88. The molecule has 7 heteroatoms. The van der Waals surface area contributed by atoms with Gasteiger partial charge in [0.1, 0.15) is 11.3 Å². The third-order valence-electron chi connectivity index (χ3n) is 5.13. The number of para-hydroxylation sites is 1. The topological polar surface area (TPSA) is 91.5 Å². The lowest BCUT2D eigenvalue weighted by Crippen LogP contribution is -2.53. The van der Waals surface area contributed by atoms with Gasteiger partial charge in [-0.05, 0) is 25.5 Å². The normalized spacial score (nSPS) is 24.2. The van der Waals surface area contributed by atoms with E-state index in [9.17, 15) is 14.7 Å². The van der Waals surface area contributed by atoms with Crippen LogP contribution in [0.3, 0.4) is 0 Å². The maximum absolute atomic E-state index is 12.2. The molecule has 0 bridgehead atoms. The second-order valence-electron chi connectivity index (χ2n) is 7.13. The summed E-state index contributed by atoms with van der Waals surface area (Å²) in [5.74, 6) is 0.848. The number of piperidine rings is 1. The van der Waals surface area contributed by atoms with Crippen molar-refractivity contribution in [1.29, 1.82) is 0 Å². The van der Waals surface area contributed by atoms with Crippen LogP contribution in [0.15, 0.2) is 56.6 Å². The number of benzene rings is 1. The molecular weight excluding hydrogens is 334 g/mol. The summed E-state index contributed by atoms with van der Waals surface area (Å²) in [6, 6.07) is 10.7. The number of aromatic nitrogens is 2. The minimum absolute atomic E-state index is 0.444. The number of aliphatic hydroxyl groups is 1. The SMILES string of the molecule is C[C@@]1(O)CCN(Cc2cc3ccccc3o2)C[C@H]1n1ccc(=O)[nH]c1=O. The Labute approximate surface area is 149 Å². The van der Waals surface area contributed by atoms with Gasteiger partial charge in [0.05, 0.1) is 18.2 Å². The Morgan fingerprint density at radius 1 is 1.31 bits per heavy atom. The van der Waals surface area contributed by atoms with E-state index >= 15 is 0 Å². The number of fused-ring (bicyclic) bond motifs is 1. The van der Waals surface area contributed by atoms with Crippen molar-refractivity contribution < 1.29 is 9.52 Å². The molecule has 1 saturated heterocycles. The van der Waals surface area contributed by atoms with Crippen LogP contribution in [0, 0.1) is 0 Å². The van der Waals surface area contributed by atoms with Crippen LogP contribution in [0.2, 0.25) is 0 Å². The van der Waals surface area contributed by atoms with Gasteiger partial charge in [0.25, 0.3) is 5.56 Å². The first-order valence-electron chi connectivity index (χ1n) is 8.66. The smallest absolute Gasteiger partial charge is 0.328 e. The molecule has 0 radical (unpaired) electrons. The van der Waals surface area contributed by atoms with Crippen LogP contribution in [0.25, 0.3) is 11.0 Å². The van der Waals surface area contributed by atoms with Crippen LogP contribution in [0.4, 0.5) is 0 Å². The van der Waals surface area contributed by atoms with E-state index in [1.807, 2.05) is 30.3 Å². The highest BCUT2D eigenvalue weighted by Crippen LogP contribution is 2.32. The zero-order valence-electron chi connectivity index (χ0n) is 14.5. The Bertz CT molecular complexity index is 1010. The standard InChI is InChI=1S/C19H21N3O4/c1-19(25)7-9-21(11-14-10-13-4-2-3-5-15(13)26-14)12-16(19)22-8-6-17(23)20-18(22)24/h2-6,8,10,16,25H,7,9,11-12H2,1H3,(H,20,23,24)/t16-,19-/m1/s1. The number of aromatic amines is 1. The molecule has 136 valence electrons. The fraction of sp³-hybridized carbons (Fsp3) is 0.368. The zero-order valence-corrected chi connectivity index (χ0v) is 14.5. The molecule has 0 aliphatic carbocycles. The maximum Gasteiger partial charge on any atom is 0.328 e. The van der Waals surface area contributed by atoms with Gasteiger partial charge in [-0.25, -0.2) is 4.79 Å². The molecule has 1 aromatic carbocycles. The van der Waals surface area contributed by atoms with E-state index in [4.69, 9.17) is 4.42 Å². The summed E-state index contributed by atoms with van der Waals surface area (Å²) in [6.45, 7) is 3.50. The monoisotopic (exact) mass is 355 g/mol. The molecule has 2 aromatic heterocycles. The van der Waals surface area contributed by atoms with Crippen LogP contribution < -0.4 is 11.2 Å². The van der Waals surface area contributed by atoms with Crippen LogP contribution in [0.5, 0.6) is 0 Å².